The van der Waals surface area contributed by atoms with Gasteiger partial charge >= 0.3 is 0 Å². The maximum absolute atomic E-state index is 12.6. The highest BCUT2D eigenvalue weighted by Gasteiger charge is 2.32. The molecule has 1 saturated carbocycles. The smallest absolute Gasteiger partial charge is 0.254 e. The monoisotopic (exact) mass is 325 g/mol. The molecule has 0 bridgehead atoms. The van der Waals surface area contributed by atoms with Crippen LogP contribution < -0.4 is 0 Å². The maximum Gasteiger partial charge on any atom is 0.254 e. The van der Waals surface area contributed by atoms with Crippen molar-refractivity contribution in [1.29, 1.82) is 0 Å². The molecule has 2 aliphatic rings. The summed E-state index contributed by atoms with van der Waals surface area (Å²) < 4.78 is 5.14. The highest BCUT2D eigenvalue weighted by Crippen LogP contribution is 2.39. The number of hydrogen-bond acceptors (Lipinski definition) is 2. The van der Waals surface area contributed by atoms with Gasteiger partial charge in [0.1, 0.15) is 5.76 Å². The van der Waals surface area contributed by atoms with Crippen LogP contribution in [0, 0.1) is 5.92 Å². The first-order valence-corrected chi connectivity index (χ1v) is 7.82. The first-order valence-electron chi connectivity index (χ1n) is 7.06. The van der Waals surface area contributed by atoms with Gasteiger partial charge in [0, 0.05) is 18.7 Å². The molecule has 1 aliphatic heterocycles. The lowest BCUT2D eigenvalue weighted by Crippen LogP contribution is -2.39. The van der Waals surface area contributed by atoms with Gasteiger partial charge in [-0.3, -0.25) is 4.79 Å². The van der Waals surface area contributed by atoms with Gasteiger partial charge in [0.2, 0.25) is 0 Å². The lowest BCUT2D eigenvalue weighted by atomic mass is 9.95. The summed E-state index contributed by atoms with van der Waals surface area (Å²) in [7, 11) is 1.52. The Labute approximate surface area is 134 Å². The van der Waals surface area contributed by atoms with Crippen LogP contribution in [0.25, 0.3) is 5.76 Å². The van der Waals surface area contributed by atoms with Gasteiger partial charge in [-0.25, -0.2) is 0 Å². The van der Waals surface area contributed by atoms with Crippen LogP contribution in [0.15, 0.2) is 12.6 Å². The van der Waals surface area contributed by atoms with Crippen molar-refractivity contribution in [3.8, 4) is 0 Å². The van der Waals surface area contributed by atoms with E-state index in [4.69, 9.17) is 27.9 Å². The van der Waals surface area contributed by atoms with Crippen molar-refractivity contribution in [2.24, 2.45) is 5.92 Å². The fourth-order valence-corrected chi connectivity index (χ4v) is 3.52. The van der Waals surface area contributed by atoms with Crippen LogP contribution in [0.5, 0.6) is 0 Å². The van der Waals surface area contributed by atoms with Gasteiger partial charge in [-0.05, 0) is 36.8 Å². The molecule has 0 aromatic heterocycles. The number of fused-ring (bicyclic) bond motifs is 1. The van der Waals surface area contributed by atoms with Crippen molar-refractivity contribution in [3.63, 3.8) is 0 Å². The normalized spacial score (nSPS) is 17.7. The summed E-state index contributed by atoms with van der Waals surface area (Å²) in [6.07, 6.45) is 3.20. The Balaban J connectivity index is 1.99. The number of hydrogen-bond donors (Lipinski definition) is 0. The molecule has 5 heteroatoms. The van der Waals surface area contributed by atoms with E-state index in [-0.39, 0.29) is 5.91 Å². The molecule has 0 saturated heterocycles. The fraction of sp³-hybridized carbons (Fsp3) is 0.438. The largest absolute Gasteiger partial charge is 0.497 e. The van der Waals surface area contributed by atoms with Crippen molar-refractivity contribution in [1.82, 2.24) is 4.90 Å². The van der Waals surface area contributed by atoms with E-state index < -0.39 is 0 Å². The molecule has 3 nitrogen and oxygen atoms in total. The second-order valence-corrected chi connectivity index (χ2v) is 6.43. The Morgan fingerprint density at radius 1 is 1.48 bits per heavy atom. The lowest BCUT2D eigenvalue weighted by Gasteiger charge is -2.30. The van der Waals surface area contributed by atoms with Crippen LogP contribution in [0.2, 0.25) is 10.0 Å². The molecule has 1 heterocycles. The summed E-state index contributed by atoms with van der Waals surface area (Å²) in [5, 5.41) is 0.899. The van der Waals surface area contributed by atoms with Crippen LogP contribution in [-0.4, -0.2) is 31.0 Å². The zero-order valence-corrected chi connectivity index (χ0v) is 13.4. The Bertz CT molecular complexity index is 623. The maximum atomic E-state index is 12.6. The molecular formula is C16H17Cl2NO2. The summed E-state index contributed by atoms with van der Waals surface area (Å²) in [5.41, 5.74) is 2.05. The summed E-state index contributed by atoms with van der Waals surface area (Å²) in [6, 6.07) is 1.70. The Morgan fingerprint density at radius 3 is 2.81 bits per heavy atom. The van der Waals surface area contributed by atoms with Crippen LogP contribution in [0.4, 0.5) is 0 Å². The first kappa shape index (κ1) is 14.7. The van der Waals surface area contributed by atoms with Gasteiger partial charge in [0.05, 0.1) is 22.7 Å². The number of carbonyl (C=O) groups is 1. The van der Waals surface area contributed by atoms with E-state index >= 15 is 0 Å². The van der Waals surface area contributed by atoms with E-state index in [2.05, 4.69) is 6.58 Å². The molecule has 1 amide bonds. The molecule has 3 rings (SSSR count). The van der Waals surface area contributed by atoms with Crippen molar-refractivity contribution >= 4 is 34.9 Å². The van der Waals surface area contributed by atoms with Gasteiger partial charge in [-0.1, -0.05) is 29.8 Å². The molecule has 1 aliphatic carbocycles. The molecule has 1 aromatic carbocycles. The molecule has 0 spiro atoms. The van der Waals surface area contributed by atoms with Crippen molar-refractivity contribution < 1.29 is 9.53 Å². The Morgan fingerprint density at radius 2 is 2.19 bits per heavy atom. The highest BCUT2D eigenvalue weighted by molar-refractivity contribution is 6.38. The average Bonchev–Trinajstić information content (AvgIpc) is 3.26. The number of methoxy groups -OCH3 is 1. The minimum Gasteiger partial charge on any atom is -0.497 e. The highest BCUT2D eigenvalue weighted by atomic mass is 35.5. The second kappa shape index (κ2) is 5.54. The number of ether oxygens (including phenoxy) is 1. The third-order valence-electron chi connectivity index (χ3n) is 4.17. The molecule has 0 atom stereocenters. The van der Waals surface area contributed by atoms with Gasteiger partial charge in [-0.15, -0.1) is 0 Å². The van der Waals surface area contributed by atoms with E-state index in [0.717, 1.165) is 18.5 Å². The van der Waals surface area contributed by atoms with Crippen molar-refractivity contribution in [3.05, 3.63) is 39.4 Å². The van der Waals surface area contributed by atoms with E-state index in [9.17, 15) is 4.79 Å². The molecule has 1 fully saturated rings. The second-order valence-electron chi connectivity index (χ2n) is 5.65. The molecule has 0 unspecified atom stereocenters. The quantitative estimate of drug-likeness (QED) is 0.782. The topological polar surface area (TPSA) is 29.5 Å². The number of halogens is 2. The SMILES string of the molecule is C=C(OC)c1c(Cl)cc2c(c1Cl)CCN(CC1CC1)C2=O. The molecule has 112 valence electrons. The molecular weight excluding hydrogens is 309 g/mol. The van der Waals surface area contributed by atoms with E-state index in [0.29, 0.717) is 39.4 Å². The standard InChI is InChI=1S/C16H17Cl2NO2/c1-9(21-2)14-13(17)7-12-11(15(14)18)5-6-19(16(12)20)8-10-3-4-10/h7,10H,1,3-6,8H2,2H3. The molecule has 0 radical (unpaired) electrons. The lowest BCUT2D eigenvalue weighted by molar-refractivity contribution is 0.0732. The van der Waals surface area contributed by atoms with Crippen molar-refractivity contribution in [2.75, 3.05) is 20.2 Å². The summed E-state index contributed by atoms with van der Waals surface area (Å²) in [5.74, 6) is 1.12. The first-order chi connectivity index (χ1) is 10.0. The van der Waals surface area contributed by atoms with Gasteiger partial charge in [0.15, 0.2) is 0 Å². The molecule has 21 heavy (non-hydrogen) atoms. The third kappa shape index (κ3) is 2.65. The van der Waals surface area contributed by atoms with Gasteiger partial charge < -0.3 is 9.64 Å². The van der Waals surface area contributed by atoms with E-state index in [1.54, 1.807) is 6.07 Å². The zero-order chi connectivity index (χ0) is 15.1. The molecule has 1 aromatic rings. The van der Waals surface area contributed by atoms with Crippen LogP contribution in [0.1, 0.15) is 34.3 Å². The van der Waals surface area contributed by atoms with Crippen LogP contribution >= 0.6 is 23.2 Å². The Kier molecular flexibility index (Phi) is 3.89. The minimum atomic E-state index is 0.0292. The average molecular weight is 326 g/mol. The summed E-state index contributed by atoms with van der Waals surface area (Å²) in [6.45, 7) is 5.37. The van der Waals surface area contributed by atoms with Crippen molar-refractivity contribution in [2.45, 2.75) is 19.3 Å². The number of amides is 1. The van der Waals surface area contributed by atoms with Crippen LogP contribution in [-0.2, 0) is 11.2 Å². The number of nitrogens with zero attached hydrogens (tertiary/aromatic N) is 1. The number of rotatable bonds is 4. The minimum absolute atomic E-state index is 0.0292. The zero-order valence-electron chi connectivity index (χ0n) is 11.9. The predicted octanol–water partition coefficient (Wildman–Crippen LogP) is 4.02. The van der Waals surface area contributed by atoms with Crippen LogP contribution in [0.3, 0.4) is 0 Å². The Hall–Kier alpha value is -1.19. The van der Waals surface area contributed by atoms with E-state index in [1.807, 2.05) is 4.90 Å². The number of benzene rings is 1. The third-order valence-corrected chi connectivity index (χ3v) is 4.88. The molecule has 0 N–H and O–H groups in total. The van der Waals surface area contributed by atoms with E-state index in [1.165, 1.54) is 20.0 Å². The van der Waals surface area contributed by atoms with Gasteiger partial charge in [0.25, 0.3) is 5.91 Å². The fourth-order valence-electron chi connectivity index (χ4n) is 2.76. The number of carbonyl (C=O) groups excluding carboxylic acids is 1. The summed E-state index contributed by atoms with van der Waals surface area (Å²) >= 11 is 12.7. The summed E-state index contributed by atoms with van der Waals surface area (Å²) in [4.78, 5) is 14.5. The predicted molar refractivity (Wildman–Crippen MR) is 84.8 cm³/mol. The van der Waals surface area contributed by atoms with Gasteiger partial charge in [-0.2, -0.15) is 0 Å².